The molecule has 8 heteroatoms. The highest BCUT2D eigenvalue weighted by Gasteiger charge is 2.26. The van der Waals surface area contributed by atoms with Gasteiger partial charge in [0.2, 0.25) is 11.7 Å². The van der Waals surface area contributed by atoms with Gasteiger partial charge in [-0.3, -0.25) is 9.59 Å². The Morgan fingerprint density at radius 3 is 2.54 bits per heavy atom. The first-order valence-corrected chi connectivity index (χ1v) is 8.14. The van der Waals surface area contributed by atoms with E-state index in [0.717, 1.165) is 11.8 Å². The van der Waals surface area contributed by atoms with E-state index in [-0.39, 0.29) is 24.8 Å². The average Bonchev–Trinajstić information content (AvgIpc) is 2.63. The van der Waals surface area contributed by atoms with Gasteiger partial charge < -0.3 is 24.4 Å². The van der Waals surface area contributed by atoms with Gasteiger partial charge in [0.25, 0.3) is 5.91 Å². The van der Waals surface area contributed by atoms with Gasteiger partial charge in [-0.25, -0.2) is 4.79 Å². The number of carbonyl (C=O) groups is 3. The van der Waals surface area contributed by atoms with Crippen molar-refractivity contribution in [2.75, 3.05) is 32.1 Å². The van der Waals surface area contributed by atoms with E-state index in [1.165, 1.54) is 18.9 Å². The minimum absolute atomic E-state index is 0.0873. The maximum absolute atomic E-state index is 12.3. The molecule has 26 heavy (non-hydrogen) atoms. The lowest BCUT2D eigenvalue weighted by atomic mass is 10.2. The van der Waals surface area contributed by atoms with E-state index in [2.05, 4.69) is 5.32 Å². The molecule has 1 N–H and O–H groups in total. The van der Waals surface area contributed by atoms with Crippen molar-refractivity contribution in [3.8, 4) is 0 Å². The quantitative estimate of drug-likeness (QED) is 0.765. The van der Waals surface area contributed by atoms with Crippen LogP contribution in [0.1, 0.15) is 12.5 Å². The number of carbonyl (C=O) groups excluding carboxylic acids is 3. The summed E-state index contributed by atoms with van der Waals surface area (Å²) in [6.45, 7) is 3.80. The summed E-state index contributed by atoms with van der Waals surface area (Å²) < 4.78 is 15.1. The van der Waals surface area contributed by atoms with Gasteiger partial charge in [0.05, 0.1) is 6.54 Å². The van der Waals surface area contributed by atoms with E-state index in [9.17, 15) is 14.4 Å². The summed E-state index contributed by atoms with van der Waals surface area (Å²) in [6.07, 6.45) is 0.0907. The summed E-state index contributed by atoms with van der Waals surface area (Å²) in [5.74, 6) is -1.73. The third-order valence-electron chi connectivity index (χ3n) is 3.57. The van der Waals surface area contributed by atoms with Gasteiger partial charge in [-0.1, -0.05) is 17.7 Å². The number of hydrogen-bond donors (Lipinski definition) is 1. The highest BCUT2D eigenvalue weighted by molar-refractivity contribution is 5.95. The van der Waals surface area contributed by atoms with Crippen molar-refractivity contribution < 1.29 is 28.6 Å². The first kappa shape index (κ1) is 19.3. The van der Waals surface area contributed by atoms with Crippen LogP contribution in [-0.2, 0) is 28.6 Å². The maximum atomic E-state index is 12.3. The van der Waals surface area contributed by atoms with E-state index in [4.69, 9.17) is 14.2 Å². The van der Waals surface area contributed by atoms with Crippen LogP contribution in [0, 0.1) is 6.92 Å². The van der Waals surface area contributed by atoms with Gasteiger partial charge in [-0.2, -0.15) is 0 Å². The summed E-state index contributed by atoms with van der Waals surface area (Å²) >= 11 is 0. The Morgan fingerprint density at radius 1 is 1.23 bits per heavy atom. The minimum atomic E-state index is -1.06. The number of esters is 1. The van der Waals surface area contributed by atoms with Crippen molar-refractivity contribution in [2.24, 2.45) is 0 Å². The molecule has 1 heterocycles. The molecule has 0 saturated carbocycles. The molecule has 1 aromatic carbocycles. The van der Waals surface area contributed by atoms with E-state index in [1.807, 2.05) is 19.1 Å². The van der Waals surface area contributed by atoms with Crippen LogP contribution in [0.2, 0.25) is 0 Å². The Balaban J connectivity index is 1.83. The number of ether oxygens (including phenoxy) is 3. The van der Waals surface area contributed by atoms with Gasteiger partial charge in [0.15, 0.2) is 6.10 Å². The Labute approximate surface area is 151 Å². The first-order valence-electron chi connectivity index (χ1n) is 8.14. The lowest BCUT2D eigenvalue weighted by Crippen LogP contribution is -2.41. The number of rotatable bonds is 6. The fraction of sp³-hybridized carbons (Fsp3) is 0.389. The number of aryl methyl sites for hydroxylation is 1. The van der Waals surface area contributed by atoms with Gasteiger partial charge in [-0.15, -0.1) is 0 Å². The molecule has 0 fully saturated rings. The van der Waals surface area contributed by atoms with E-state index in [1.54, 1.807) is 12.1 Å². The van der Waals surface area contributed by atoms with Gasteiger partial charge in [0.1, 0.15) is 19.5 Å². The molecule has 140 valence electrons. The Hall–Kier alpha value is -3.03. The van der Waals surface area contributed by atoms with Crippen LogP contribution in [0.4, 0.5) is 5.69 Å². The molecule has 0 unspecified atom stereocenters. The highest BCUT2D eigenvalue weighted by atomic mass is 16.6. The first-order chi connectivity index (χ1) is 12.4. The molecule has 0 spiro atoms. The van der Waals surface area contributed by atoms with Crippen LogP contribution in [0.3, 0.4) is 0 Å². The SMILES string of the molecule is Cc1ccc(NC(=O)CN(C)C(=O)[C@@H](C)OC(=O)C2=COCCO2)cc1. The van der Waals surface area contributed by atoms with Crippen molar-refractivity contribution in [3.05, 3.63) is 41.9 Å². The van der Waals surface area contributed by atoms with E-state index in [0.29, 0.717) is 12.3 Å². The summed E-state index contributed by atoms with van der Waals surface area (Å²) in [4.78, 5) is 37.4. The molecule has 0 aromatic heterocycles. The molecule has 0 bridgehead atoms. The van der Waals surface area contributed by atoms with Crippen LogP contribution >= 0.6 is 0 Å². The van der Waals surface area contributed by atoms with Gasteiger partial charge in [0, 0.05) is 12.7 Å². The number of likely N-dealkylation sites (N-methyl/N-ethyl adjacent to an activating group) is 1. The van der Waals surface area contributed by atoms with E-state index >= 15 is 0 Å². The molecule has 0 radical (unpaired) electrons. The second-order valence-corrected chi connectivity index (χ2v) is 5.86. The van der Waals surface area contributed by atoms with Crippen molar-refractivity contribution in [1.82, 2.24) is 4.90 Å². The van der Waals surface area contributed by atoms with Crippen molar-refractivity contribution in [3.63, 3.8) is 0 Å². The second-order valence-electron chi connectivity index (χ2n) is 5.86. The Bertz CT molecular complexity index is 698. The number of nitrogens with one attached hydrogen (secondary N) is 1. The summed E-state index contributed by atoms with van der Waals surface area (Å²) in [7, 11) is 1.46. The van der Waals surface area contributed by atoms with Crippen molar-refractivity contribution >= 4 is 23.5 Å². The molecule has 8 nitrogen and oxygen atoms in total. The average molecular weight is 362 g/mol. The number of anilines is 1. The zero-order chi connectivity index (χ0) is 19.1. The molecule has 1 atom stereocenters. The lowest BCUT2D eigenvalue weighted by molar-refractivity contribution is -0.159. The number of amides is 2. The zero-order valence-corrected chi connectivity index (χ0v) is 15.0. The summed E-state index contributed by atoms with van der Waals surface area (Å²) in [5, 5.41) is 2.70. The normalized spacial score (nSPS) is 14.2. The Morgan fingerprint density at radius 2 is 1.92 bits per heavy atom. The molecule has 2 amide bonds. The third kappa shape index (κ3) is 5.51. The molecule has 0 saturated heterocycles. The van der Waals surface area contributed by atoms with Crippen LogP contribution in [0.5, 0.6) is 0 Å². The monoisotopic (exact) mass is 362 g/mol. The van der Waals surface area contributed by atoms with Crippen LogP contribution in [-0.4, -0.2) is 55.6 Å². The third-order valence-corrected chi connectivity index (χ3v) is 3.57. The second kappa shape index (κ2) is 8.89. The Kier molecular flexibility index (Phi) is 6.60. The highest BCUT2D eigenvalue weighted by Crippen LogP contribution is 2.10. The zero-order valence-electron chi connectivity index (χ0n) is 15.0. The molecule has 1 aliphatic rings. The smallest absolute Gasteiger partial charge is 0.377 e. The number of hydrogen-bond acceptors (Lipinski definition) is 6. The summed E-state index contributed by atoms with van der Waals surface area (Å²) in [5.41, 5.74) is 1.72. The number of benzene rings is 1. The minimum Gasteiger partial charge on any atom is -0.493 e. The predicted molar refractivity (Wildman–Crippen MR) is 93.0 cm³/mol. The van der Waals surface area contributed by atoms with Crippen LogP contribution < -0.4 is 5.32 Å². The standard InChI is InChI=1S/C18H22N2O6/c1-12-4-6-14(7-5-12)19-16(21)10-20(3)17(22)13(2)26-18(23)15-11-24-8-9-25-15/h4-7,11,13H,8-10H2,1-3H3,(H,19,21)/t13-/m1/s1. The van der Waals surface area contributed by atoms with Crippen molar-refractivity contribution in [1.29, 1.82) is 0 Å². The topological polar surface area (TPSA) is 94.2 Å². The summed E-state index contributed by atoms with van der Waals surface area (Å²) in [6, 6.07) is 7.30. The van der Waals surface area contributed by atoms with Crippen molar-refractivity contribution in [2.45, 2.75) is 20.0 Å². The fourth-order valence-electron chi connectivity index (χ4n) is 2.19. The van der Waals surface area contributed by atoms with Crippen LogP contribution in [0.15, 0.2) is 36.3 Å². The van der Waals surface area contributed by atoms with E-state index < -0.39 is 18.0 Å². The van der Waals surface area contributed by atoms with Gasteiger partial charge in [-0.05, 0) is 26.0 Å². The fourth-order valence-corrected chi connectivity index (χ4v) is 2.19. The molecule has 2 rings (SSSR count). The van der Waals surface area contributed by atoms with Gasteiger partial charge >= 0.3 is 5.97 Å². The lowest BCUT2D eigenvalue weighted by Gasteiger charge is -2.22. The largest absolute Gasteiger partial charge is 0.493 e. The molecular weight excluding hydrogens is 340 g/mol. The molecule has 0 aliphatic carbocycles. The maximum Gasteiger partial charge on any atom is 0.377 e. The molecule has 1 aliphatic heterocycles. The molecule has 1 aromatic rings. The molecular formula is C18H22N2O6. The predicted octanol–water partition coefficient (Wildman–Crippen LogP) is 1.21. The number of nitrogens with zero attached hydrogens (tertiary/aromatic N) is 1. The van der Waals surface area contributed by atoms with Crippen LogP contribution in [0.25, 0.3) is 0 Å².